The predicted octanol–water partition coefficient (Wildman–Crippen LogP) is 2.23. The molecule has 1 aromatic rings. The molecule has 1 heterocycles. The number of nitrogens with two attached hydrogens (primary N) is 1. The molecule has 0 radical (unpaired) electrons. The molecule has 3 N–H and O–H groups in total. The van der Waals surface area contributed by atoms with Gasteiger partial charge in [0, 0.05) is 32.9 Å². The van der Waals surface area contributed by atoms with E-state index >= 15 is 0 Å². The van der Waals surface area contributed by atoms with Crippen LogP contribution in [0.4, 0.5) is 5.69 Å². The largest absolute Gasteiger partial charge is 0.370 e. The van der Waals surface area contributed by atoms with Gasteiger partial charge in [-0.3, -0.25) is 14.7 Å². The van der Waals surface area contributed by atoms with Gasteiger partial charge < -0.3 is 16.0 Å². The van der Waals surface area contributed by atoms with Crippen molar-refractivity contribution in [2.45, 2.75) is 51.0 Å². The molecule has 0 spiro atoms. The highest BCUT2D eigenvalue weighted by Gasteiger charge is 2.30. The van der Waals surface area contributed by atoms with Crippen LogP contribution in [0.5, 0.6) is 0 Å². The van der Waals surface area contributed by atoms with E-state index in [0.717, 1.165) is 50.9 Å². The number of benzene rings is 1. The number of fused-ring (bicyclic) bond motifs is 1. The fourth-order valence-corrected chi connectivity index (χ4v) is 4.22. The van der Waals surface area contributed by atoms with Crippen molar-refractivity contribution in [3.05, 3.63) is 29.3 Å². The summed E-state index contributed by atoms with van der Waals surface area (Å²) in [5.41, 5.74) is 10.0. The van der Waals surface area contributed by atoms with Crippen molar-refractivity contribution < 1.29 is 4.79 Å². The lowest BCUT2D eigenvalue weighted by atomic mass is 9.90. The van der Waals surface area contributed by atoms with Gasteiger partial charge in [0.25, 0.3) is 0 Å². The van der Waals surface area contributed by atoms with Gasteiger partial charge in [-0.1, -0.05) is 12.1 Å². The first-order chi connectivity index (χ1) is 13.1. The summed E-state index contributed by atoms with van der Waals surface area (Å²) in [7, 11) is 3.66. The molecule has 1 fully saturated rings. The van der Waals surface area contributed by atoms with Crippen molar-refractivity contribution in [3.8, 4) is 0 Å². The van der Waals surface area contributed by atoms with Gasteiger partial charge in [-0.25, -0.2) is 0 Å². The van der Waals surface area contributed by atoms with E-state index in [1.165, 1.54) is 24.0 Å². The molecule has 2 aliphatic rings. The molecule has 3 rings (SSSR count). The summed E-state index contributed by atoms with van der Waals surface area (Å²) in [6, 6.07) is 6.44. The summed E-state index contributed by atoms with van der Waals surface area (Å²) in [6.45, 7) is 2.56. The number of anilines is 1. The van der Waals surface area contributed by atoms with Crippen LogP contribution >= 0.6 is 0 Å². The third kappa shape index (κ3) is 5.01. The third-order valence-electron chi connectivity index (χ3n) is 5.63. The van der Waals surface area contributed by atoms with Crippen LogP contribution in [-0.4, -0.2) is 61.4 Å². The fourth-order valence-electron chi connectivity index (χ4n) is 4.22. The molecule has 27 heavy (non-hydrogen) atoms. The van der Waals surface area contributed by atoms with E-state index in [1.54, 1.807) is 4.90 Å². The second-order valence-electron chi connectivity index (χ2n) is 7.82. The maximum absolute atomic E-state index is 12.2. The number of hydrogen-bond acceptors (Lipinski definition) is 3. The number of nitrogens with zero attached hydrogens (tertiary/aromatic N) is 3. The standard InChI is InChI=1S/C21H33N5O/c1-25(2)20(27)19-12-6-14-26(19)15-7-13-23-21(22)24-18-11-5-9-16-8-3-4-10-17(16)18/h5,9,11,19H,3-4,6-8,10,12-15H2,1-2H3,(H3,22,23,24). The first-order valence-electron chi connectivity index (χ1n) is 10.2. The highest BCUT2D eigenvalue weighted by atomic mass is 16.2. The van der Waals surface area contributed by atoms with Gasteiger partial charge in [-0.15, -0.1) is 0 Å². The second kappa shape index (κ2) is 9.22. The summed E-state index contributed by atoms with van der Waals surface area (Å²) in [5, 5.41) is 3.29. The molecular weight excluding hydrogens is 338 g/mol. The van der Waals surface area contributed by atoms with Gasteiger partial charge in [-0.2, -0.15) is 0 Å². The van der Waals surface area contributed by atoms with E-state index in [-0.39, 0.29) is 11.9 Å². The van der Waals surface area contributed by atoms with Crippen LogP contribution < -0.4 is 11.1 Å². The molecule has 1 aliphatic heterocycles. The Morgan fingerprint density at radius 3 is 2.93 bits per heavy atom. The van der Waals surface area contributed by atoms with Crippen molar-refractivity contribution in [2.75, 3.05) is 39.0 Å². The number of likely N-dealkylation sites (tertiary alicyclic amines) is 1. The quantitative estimate of drug-likeness (QED) is 0.457. The van der Waals surface area contributed by atoms with E-state index < -0.39 is 0 Å². The zero-order chi connectivity index (χ0) is 19.2. The summed E-state index contributed by atoms with van der Waals surface area (Å²) >= 11 is 0. The van der Waals surface area contributed by atoms with Crippen LogP contribution in [0.3, 0.4) is 0 Å². The molecule has 1 unspecified atom stereocenters. The predicted molar refractivity (Wildman–Crippen MR) is 111 cm³/mol. The van der Waals surface area contributed by atoms with Crippen LogP contribution in [0.1, 0.15) is 43.2 Å². The molecule has 6 nitrogen and oxygen atoms in total. The lowest BCUT2D eigenvalue weighted by Crippen LogP contribution is -2.43. The number of amides is 1. The molecule has 0 aromatic heterocycles. The summed E-state index contributed by atoms with van der Waals surface area (Å²) in [5.74, 6) is 0.697. The van der Waals surface area contributed by atoms with Crippen molar-refractivity contribution in [1.29, 1.82) is 0 Å². The Bertz CT molecular complexity index is 685. The minimum absolute atomic E-state index is 0.0373. The highest BCUT2D eigenvalue weighted by Crippen LogP contribution is 2.27. The first-order valence-corrected chi connectivity index (χ1v) is 10.2. The lowest BCUT2D eigenvalue weighted by Gasteiger charge is -2.25. The van der Waals surface area contributed by atoms with Crippen molar-refractivity contribution in [1.82, 2.24) is 9.80 Å². The second-order valence-corrected chi connectivity index (χ2v) is 7.82. The van der Waals surface area contributed by atoms with Gasteiger partial charge in [0.15, 0.2) is 5.96 Å². The van der Waals surface area contributed by atoms with Crippen LogP contribution in [-0.2, 0) is 17.6 Å². The molecule has 1 aromatic carbocycles. The number of aryl methyl sites for hydroxylation is 1. The lowest BCUT2D eigenvalue weighted by molar-refractivity contribution is -0.133. The Labute approximate surface area is 162 Å². The van der Waals surface area contributed by atoms with Gasteiger partial charge in [0.2, 0.25) is 5.91 Å². The van der Waals surface area contributed by atoms with Crippen molar-refractivity contribution in [3.63, 3.8) is 0 Å². The maximum atomic E-state index is 12.2. The summed E-state index contributed by atoms with van der Waals surface area (Å²) < 4.78 is 0. The number of aliphatic imine (C=N–C) groups is 1. The number of rotatable bonds is 6. The Hall–Kier alpha value is -2.08. The van der Waals surface area contributed by atoms with Gasteiger partial charge in [0.1, 0.15) is 0 Å². The van der Waals surface area contributed by atoms with E-state index in [2.05, 4.69) is 33.4 Å². The number of likely N-dealkylation sites (N-methyl/N-ethyl adjacent to an activating group) is 1. The van der Waals surface area contributed by atoms with Crippen LogP contribution in [0.15, 0.2) is 23.2 Å². The van der Waals surface area contributed by atoms with Crippen molar-refractivity contribution in [2.24, 2.45) is 10.7 Å². The summed E-state index contributed by atoms with van der Waals surface area (Å²) in [4.78, 5) is 20.7. The van der Waals surface area contributed by atoms with Crippen LogP contribution in [0.2, 0.25) is 0 Å². The molecule has 0 bridgehead atoms. The Kier molecular flexibility index (Phi) is 6.72. The minimum atomic E-state index is 0.0373. The minimum Gasteiger partial charge on any atom is -0.370 e. The number of hydrogen-bond donors (Lipinski definition) is 2. The number of nitrogens with one attached hydrogen (secondary N) is 1. The summed E-state index contributed by atoms with van der Waals surface area (Å²) in [6.07, 6.45) is 7.75. The number of carbonyl (C=O) groups is 1. The van der Waals surface area contributed by atoms with E-state index in [9.17, 15) is 4.79 Å². The van der Waals surface area contributed by atoms with Crippen LogP contribution in [0, 0.1) is 0 Å². The smallest absolute Gasteiger partial charge is 0.239 e. The molecular formula is C21H33N5O. The van der Waals surface area contributed by atoms with Crippen molar-refractivity contribution >= 4 is 17.6 Å². The molecule has 1 amide bonds. The van der Waals surface area contributed by atoms with E-state index in [1.807, 2.05) is 14.1 Å². The van der Waals surface area contributed by atoms with E-state index in [0.29, 0.717) is 12.5 Å². The Balaban J connectivity index is 1.48. The first kappa shape index (κ1) is 19.7. The van der Waals surface area contributed by atoms with Gasteiger partial charge in [0.05, 0.1) is 6.04 Å². The average molecular weight is 372 g/mol. The zero-order valence-electron chi connectivity index (χ0n) is 16.7. The Morgan fingerprint density at radius 1 is 1.30 bits per heavy atom. The molecule has 1 saturated heterocycles. The topological polar surface area (TPSA) is 74.0 Å². The number of carbonyl (C=O) groups excluding carboxylic acids is 1. The monoisotopic (exact) mass is 371 g/mol. The van der Waals surface area contributed by atoms with Gasteiger partial charge in [-0.05, 0) is 68.7 Å². The average Bonchev–Trinajstić information content (AvgIpc) is 3.13. The maximum Gasteiger partial charge on any atom is 0.239 e. The van der Waals surface area contributed by atoms with E-state index in [4.69, 9.17) is 5.73 Å². The Morgan fingerprint density at radius 2 is 2.11 bits per heavy atom. The molecule has 6 heteroatoms. The molecule has 1 atom stereocenters. The fraction of sp³-hybridized carbons (Fsp3) is 0.619. The highest BCUT2D eigenvalue weighted by molar-refractivity contribution is 5.93. The van der Waals surface area contributed by atoms with Crippen LogP contribution in [0.25, 0.3) is 0 Å². The molecule has 0 saturated carbocycles. The number of guanidine groups is 1. The zero-order valence-corrected chi connectivity index (χ0v) is 16.7. The normalized spacial score (nSPS) is 20.4. The molecule has 148 valence electrons. The molecule has 1 aliphatic carbocycles. The third-order valence-corrected chi connectivity index (χ3v) is 5.63. The van der Waals surface area contributed by atoms with Gasteiger partial charge >= 0.3 is 0 Å². The SMILES string of the molecule is CN(C)C(=O)C1CCCN1CCCN=C(N)Nc1cccc2c1CCCC2.